The van der Waals surface area contributed by atoms with Crippen molar-refractivity contribution in [2.45, 2.75) is 6.42 Å². The van der Waals surface area contributed by atoms with E-state index in [1.165, 1.54) is 0 Å². The Morgan fingerprint density at radius 2 is 2.31 bits per heavy atom. The first kappa shape index (κ1) is 11.7. The molecule has 0 saturated carbocycles. The number of nitrogens with zero attached hydrogens (tertiary/aromatic N) is 1. The molecule has 1 aliphatic rings. The van der Waals surface area contributed by atoms with E-state index in [0.29, 0.717) is 12.4 Å². The fraction of sp³-hybridized carbons (Fsp3) is 0.364. The van der Waals surface area contributed by atoms with Crippen LogP contribution in [0.1, 0.15) is 6.42 Å². The van der Waals surface area contributed by atoms with Gasteiger partial charge in [-0.1, -0.05) is 15.9 Å². The second-order valence-corrected chi connectivity index (χ2v) is 4.78. The summed E-state index contributed by atoms with van der Waals surface area (Å²) in [5.41, 5.74) is 0.816. The molecule has 0 unspecified atom stereocenters. The molecule has 2 rings (SSSR count). The first-order valence-electron chi connectivity index (χ1n) is 5.01. The summed E-state index contributed by atoms with van der Waals surface area (Å²) in [4.78, 5) is 13.4. The molecule has 0 atom stereocenters. The van der Waals surface area contributed by atoms with E-state index in [0.717, 1.165) is 22.3 Å². The minimum atomic E-state index is -0.0179. The lowest BCUT2D eigenvalue weighted by atomic mass is 10.2. The Bertz CT molecular complexity index is 411. The number of hydrogen-bond donors (Lipinski definition) is 0. The van der Waals surface area contributed by atoms with Crippen molar-refractivity contribution in [3.63, 3.8) is 0 Å². The van der Waals surface area contributed by atoms with Gasteiger partial charge in [0.1, 0.15) is 5.75 Å². The first-order valence-corrected chi connectivity index (χ1v) is 6.34. The van der Waals surface area contributed by atoms with E-state index in [9.17, 15) is 4.79 Å². The zero-order valence-corrected chi connectivity index (χ0v) is 10.9. The number of benzene rings is 1. The number of rotatable bonds is 3. The van der Waals surface area contributed by atoms with Gasteiger partial charge in [0.25, 0.3) is 5.91 Å². The molecule has 3 nitrogen and oxygen atoms in total. The van der Waals surface area contributed by atoms with Gasteiger partial charge in [0.15, 0.2) is 6.61 Å². The highest BCUT2D eigenvalue weighted by molar-refractivity contribution is 9.10. The maximum atomic E-state index is 11.7. The Hall–Kier alpha value is -0.740. The molecule has 0 fully saturated rings. The molecular weight excluding hydrogens is 293 g/mol. The maximum absolute atomic E-state index is 11.7. The normalized spacial score (nSPS) is 14.6. The SMILES string of the molecule is O=C1COc2ccc(Br)cc2N1CCCCl. The number of carbonyl (C=O) groups excluding carboxylic acids is 1. The maximum Gasteiger partial charge on any atom is 0.265 e. The van der Waals surface area contributed by atoms with Crippen molar-refractivity contribution in [1.82, 2.24) is 0 Å². The molecule has 0 bridgehead atoms. The van der Waals surface area contributed by atoms with Crippen LogP contribution in [0.4, 0.5) is 5.69 Å². The van der Waals surface area contributed by atoms with Crippen LogP contribution in [0.5, 0.6) is 5.75 Å². The third-order valence-electron chi connectivity index (χ3n) is 2.38. The third-order valence-corrected chi connectivity index (χ3v) is 3.14. The van der Waals surface area contributed by atoms with E-state index in [4.69, 9.17) is 16.3 Å². The lowest BCUT2D eigenvalue weighted by Crippen LogP contribution is -2.39. The van der Waals surface area contributed by atoms with Crippen LogP contribution in [0.3, 0.4) is 0 Å². The summed E-state index contributed by atoms with van der Waals surface area (Å²) in [5, 5.41) is 0. The van der Waals surface area contributed by atoms with Gasteiger partial charge in [-0.2, -0.15) is 0 Å². The number of fused-ring (bicyclic) bond motifs is 1. The number of ether oxygens (including phenoxy) is 1. The quantitative estimate of drug-likeness (QED) is 0.804. The van der Waals surface area contributed by atoms with Gasteiger partial charge < -0.3 is 9.64 Å². The van der Waals surface area contributed by atoms with Crippen molar-refractivity contribution >= 4 is 39.1 Å². The van der Waals surface area contributed by atoms with Crippen molar-refractivity contribution < 1.29 is 9.53 Å². The molecule has 0 aliphatic carbocycles. The summed E-state index contributed by atoms with van der Waals surface area (Å²) >= 11 is 9.03. The van der Waals surface area contributed by atoms with Crippen LogP contribution in [-0.2, 0) is 4.79 Å². The number of hydrogen-bond acceptors (Lipinski definition) is 2. The summed E-state index contributed by atoms with van der Waals surface area (Å²) in [6.07, 6.45) is 0.777. The number of halogens is 2. The summed E-state index contributed by atoms with van der Waals surface area (Å²) in [5.74, 6) is 1.28. The van der Waals surface area contributed by atoms with E-state index in [2.05, 4.69) is 15.9 Å². The molecular formula is C11H11BrClNO2. The predicted molar refractivity (Wildman–Crippen MR) is 67.3 cm³/mol. The highest BCUT2D eigenvalue weighted by Crippen LogP contribution is 2.34. The van der Waals surface area contributed by atoms with Crippen LogP contribution < -0.4 is 9.64 Å². The van der Waals surface area contributed by atoms with Crippen molar-refractivity contribution in [2.75, 3.05) is 23.9 Å². The van der Waals surface area contributed by atoms with Crippen LogP contribution in [0, 0.1) is 0 Å². The summed E-state index contributed by atoms with van der Waals surface area (Å²) in [7, 11) is 0. The third kappa shape index (κ3) is 2.33. The van der Waals surface area contributed by atoms with Crippen molar-refractivity contribution in [3.8, 4) is 5.75 Å². The molecule has 1 heterocycles. The van der Waals surface area contributed by atoms with Crippen molar-refractivity contribution in [1.29, 1.82) is 0 Å². The van der Waals surface area contributed by atoms with E-state index in [1.54, 1.807) is 4.90 Å². The number of anilines is 1. The van der Waals surface area contributed by atoms with Crippen LogP contribution in [0.2, 0.25) is 0 Å². The standard InChI is InChI=1S/C11H11BrClNO2/c12-8-2-3-10-9(6-8)14(5-1-4-13)11(15)7-16-10/h2-3,6H,1,4-5,7H2. The van der Waals surface area contributed by atoms with Crippen LogP contribution in [0.15, 0.2) is 22.7 Å². The lowest BCUT2D eigenvalue weighted by Gasteiger charge is -2.29. The minimum absolute atomic E-state index is 0.0179. The minimum Gasteiger partial charge on any atom is -0.482 e. The van der Waals surface area contributed by atoms with Crippen molar-refractivity contribution in [3.05, 3.63) is 22.7 Å². The molecule has 1 aromatic rings. The summed E-state index contributed by atoms with van der Waals surface area (Å²) in [6.45, 7) is 0.742. The Kier molecular flexibility index (Phi) is 3.71. The van der Waals surface area contributed by atoms with Gasteiger partial charge in [-0.15, -0.1) is 11.6 Å². The van der Waals surface area contributed by atoms with Crippen LogP contribution in [-0.4, -0.2) is 24.9 Å². The average Bonchev–Trinajstić information content (AvgIpc) is 2.28. The summed E-state index contributed by atoms with van der Waals surface area (Å²) in [6, 6.07) is 5.65. The van der Waals surface area contributed by atoms with E-state index in [1.807, 2.05) is 18.2 Å². The molecule has 0 aromatic heterocycles. The molecule has 0 radical (unpaired) electrons. The molecule has 5 heteroatoms. The van der Waals surface area contributed by atoms with Gasteiger partial charge >= 0.3 is 0 Å². The highest BCUT2D eigenvalue weighted by atomic mass is 79.9. The zero-order chi connectivity index (χ0) is 11.5. The topological polar surface area (TPSA) is 29.5 Å². The molecule has 0 spiro atoms. The van der Waals surface area contributed by atoms with E-state index >= 15 is 0 Å². The Morgan fingerprint density at radius 1 is 1.50 bits per heavy atom. The monoisotopic (exact) mass is 303 g/mol. The molecule has 1 aliphatic heterocycles. The molecule has 0 saturated heterocycles. The Morgan fingerprint density at radius 3 is 3.06 bits per heavy atom. The van der Waals surface area contributed by atoms with Gasteiger partial charge in [-0.3, -0.25) is 4.79 Å². The summed E-state index contributed by atoms with van der Waals surface area (Å²) < 4.78 is 6.29. The van der Waals surface area contributed by atoms with Crippen molar-refractivity contribution in [2.24, 2.45) is 0 Å². The second-order valence-electron chi connectivity index (χ2n) is 3.49. The zero-order valence-electron chi connectivity index (χ0n) is 8.58. The fourth-order valence-electron chi connectivity index (χ4n) is 1.64. The molecule has 1 aromatic carbocycles. The first-order chi connectivity index (χ1) is 7.72. The molecule has 86 valence electrons. The number of alkyl halides is 1. The van der Waals surface area contributed by atoms with Crippen LogP contribution in [0.25, 0.3) is 0 Å². The number of amides is 1. The molecule has 1 amide bonds. The van der Waals surface area contributed by atoms with Gasteiger partial charge in [0, 0.05) is 16.9 Å². The van der Waals surface area contributed by atoms with Crippen LogP contribution >= 0.6 is 27.5 Å². The van der Waals surface area contributed by atoms with Gasteiger partial charge in [-0.05, 0) is 24.6 Å². The number of carbonyl (C=O) groups is 1. The van der Waals surface area contributed by atoms with E-state index in [-0.39, 0.29) is 12.5 Å². The largest absolute Gasteiger partial charge is 0.482 e. The van der Waals surface area contributed by atoms with Gasteiger partial charge in [0.05, 0.1) is 5.69 Å². The van der Waals surface area contributed by atoms with Gasteiger partial charge in [-0.25, -0.2) is 0 Å². The molecule has 16 heavy (non-hydrogen) atoms. The Balaban J connectivity index is 2.31. The Labute approximate surface area is 107 Å². The smallest absolute Gasteiger partial charge is 0.265 e. The molecule has 0 N–H and O–H groups in total. The lowest BCUT2D eigenvalue weighted by molar-refractivity contribution is -0.121. The predicted octanol–water partition coefficient (Wildman–Crippen LogP) is 2.80. The van der Waals surface area contributed by atoms with E-state index < -0.39 is 0 Å². The highest BCUT2D eigenvalue weighted by Gasteiger charge is 2.24. The second kappa shape index (κ2) is 5.06. The average molecular weight is 305 g/mol. The van der Waals surface area contributed by atoms with Gasteiger partial charge in [0.2, 0.25) is 0 Å². The fourth-order valence-corrected chi connectivity index (χ4v) is 2.11.